The Bertz CT molecular complexity index is 353. The molecule has 0 amide bonds. The van der Waals surface area contributed by atoms with E-state index in [9.17, 15) is 0 Å². The highest BCUT2D eigenvalue weighted by molar-refractivity contribution is 5.54. The van der Waals surface area contributed by atoms with Crippen molar-refractivity contribution in [2.45, 2.75) is 19.9 Å². The maximum Gasteiger partial charge on any atom is 0.162 e. The minimum Gasteiger partial charge on any atom is -0.493 e. The number of nitrogens with one attached hydrogen (secondary N) is 1. The number of ether oxygens (including phenoxy) is 2. The average Bonchev–Trinajstić information content (AvgIpc) is 2.35. The number of anilines is 1. The van der Waals surface area contributed by atoms with E-state index in [4.69, 9.17) is 15.2 Å². The van der Waals surface area contributed by atoms with Gasteiger partial charge in [-0.05, 0) is 18.1 Å². The topological polar surface area (TPSA) is 56.5 Å². The van der Waals surface area contributed by atoms with Gasteiger partial charge in [-0.2, -0.15) is 0 Å². The first kappa shape index (κ1) is 13.6. The Hall–Kier alpha value is -1.42. The summed E-state index contributed by atoms with van der Waals surface area (Å²) in [4.78, 5) is 0. The van der Waals surface area contributed by atoms with Gasteiger partial charge in [0.2, 0.25) is 0 Å². The summed E-state index contributed by atoms with van der Waals surface area (Å²) in [6, 6.07) is 5.88. The van der Waals surface area contributed by atoms with Gasteiger partial charge in [-0.15, -0.1) is 0 Å². The van der Waals surface area contributed by atoms with Crippen LogP contribution >= 0.6 is 0 Å². The molecule has 0 aliphatic heterocycles. The van der Waals surface area contributed by atoms with Gasteiger partial charge in [0.05, 0.1) is 14.2 Å². The third kappa shape index (κ3) is 3.82. The van der Waals surface area contributed by atoms with Crippen LogP contribution in [0, 0.1) is 5.92 Å². The Labute approximate surface area is 103 Å². The second-order valence-electron chi connectivity index (χ2n) is 4.36. The lowest BCUT2D eigenvalue weighted by Crippen LogP contribution is -2.33. The van der Waals surface area contributed by atoms with Crippen molar-refractivity contribution < 1.29 is 9.47 Å². The largest absolute Gasteiger partial charge is 0.493 e. The molecule has 0 saturated carbocycles. The molecule has 0 spiro atoms. The number of rotatable bonds is 6. The Morgan fingerprint density at radius 3 is 2.35 bits per heavy atom. The van der Waals surface area contributed by atoms with Gasteiger partial charge in [0.15, 0.2) is 11.5 Å². The third-order valence-electron chi connectivity index (χ3n) is 2.78. The Morgan fingerprint density at radius 1 is 1.18 bits per heavy atom. The van der Waals surface area contributed by atoms with E-state index in [0.29, 0.717) is 5.92 Å². The minimum absolute atomic E-state index is 0.142. The second-order valence-corrected chi connectivity index (χ2v) is 4.36. The van der Waals surface area contributed by atoms with E-state index in [2.05, 4.69) is 19.2 Å². The van der Waals surface area contributed by atoms with Crippen molar-refractivity contribution in [3.63, 3.8) is 0 Å². The SMILES string of the molecule is COc1ccc(NCC(N)C(C)C)cc1OC. The number of hydrogen-bond acceptors (Lipinski definition) is 4. The molecule has 1 aromatic rings. The Balaban J connectivity index is 2.66. The number of hydrogen-bond donors (Lipinski definition) is 2. The fraction of sp³-hybridized carbons (Fsp3) is 0.538. The first-order chi connectivity index (χ1) is 8.08. The summed E-state index contributed by atoms with van der Waals surface area (Å²) in [5, 5.41) is 3.29. The molecule has 0 heterocycles. The first-order valence-electron chi connectivity index (χ1n) is 5.80. The summed E-state index contributed by atoms with van der Waals surface area (Å²) in [6.45, 7) is 4.97. The average molecular weight is 238 g/mol. The van der Waals surface area contributed by atoms with Gasteiger partial charge in [-0.3, -0.25) is 0 Å². The molecule has 0 bridgehead atoms. The summed E-state index contributed by atoms with van der Waals surface area (Å²) in [6.07, 6.45) is 0. The number of benzene rings is 1. The quantitative estimate of drug-likeness (QED) is 0.797. The molecule has 1 aromatic carbocycles. The summed E-state index contributed by atoms with van der Waals surface area (Å²) in [5.41, 5.74) is 6.96. The molecule has 3 N–H and O–H groups in total. The van der Waals surface area contributed by atoms with Gasteiger partial charge >= 0.3 is 0 Å². The zero-order chi connectivity index (χ0) is 12.8. The summed E-state index contributed by atoms with van der Waals surface area (Å²) in [7, 11) is 3.25. The molecule has 1 rings (SSSR count). The maximum absolute atomic E-state index is 5.97. The molecule has 0 fully saturated rings. The van der Waals surface area contributed by atoms with Gasteiger partial charge in [-0.1, -0.05) is 13.8 Å². The minimum atomic E-state index is 0.142. The van der Waals surface area contributed by atoms with Crippen LogP contribution in [0.25, 0.3) is 0 Å². The summed E-state index contributed by atoms with van der Waals surface area (Å²) < 4.78 is 10.4. The van der Waals surface area contributed by atoms with Crippen LogP contribution in [0.1, 0.15) is 13.8 Å². The second kappa shape index (κ2) is 6.35. The third-order valence-corrected chi connectivity index (χ3v) is 2.78. The fourth-order valence-electron chi connectivity index (χ4n) is 1.42. The monoisotopic (exact) mass is 238 g/mol. The van der Waals surface area contributed by atoms with Crippen molar-refractivity contribution in [1.29, 1.82) is 0 Å². The molecule has 0 aromatic heterocycles. The maximum atomic E-state index is 5.97. The molecule has 1 unspecified atom stereocenters. The highest BCUT2D eigenvalue weighted by atomic mass is 16.5. The van der Waals surface area contributed by atoms with Crippen molar-refractivity contribution in [3.05, 3.63) is 18.2 Å². The molecule has 0 aliphatic carbocycles. The lowest BCUT2D eigenvalue weighted by Gasteiger charge is -2.17. The number of methoxy groups -OCH3 is 2. The van der Waals surface area contributed by atoms with E-state index < -0.39 is 0 Å². The van der Waals surface area contributed by atoms with E-state index in [-0.39, 0.29) is 6.04 Å². The van der Waals surface area contributed by atoms with Crippen molar-refractivity contribution in [2.75, 3.05) is 26.1 Å². The van der Waals surface area contributed by atoms with Crippen molar-refractivity contribution in [3.8, 4) is 11.5 Å². The number of nitrogens with two attached hydrogens (primary N) is 1. The van der Waals surface area contributed by atoms with Crippen LogP contribution in [0.3, 0.4) is 0 Å². The van der Waals surface area contributed by atoms with Gasteiger partial charge in [-0.25, -0.2) is 0 Å². The molecule has 4 nitrogen and oxygen atoms in total. The lowest BCUT2D eigenvalue weighted by molar-refractivity contribution is 0.355. The van der Waals surface area contributed by atoms with E-state index >= 15 is 0 Å². The molecule has 1 atom stereocenters. The van der Waals surface area contributed by atoms with Crippen LogP contribution < -0.4 is 20.5 Å². The van der Waals surface area contributed by atoms with Crippen LogP contribution in [-0.4, -0.2) is 26.8 Å². The van der Waals surface area contributed by atoms with E-state index in [0.717, 1.165) is 23.7 Å². The highest BCUT2D eigenvalue weighted by Crippen LogP contribution is 2.29. The molecule has 0 saturated heterocycles. The van der Waals surface area contributed by atoms with Gasteiger partial charge < -0.3 is 20.5 Å². The van der Waals surface area contributed by atoms with Gasteiger partial charge in [0.25, 0.3) is 0 Å². The summed E-state index contributed by atoms with van der Waals surface area (Å²) >= 11 is 0. The van der Waals surface area contributed by atoms with Crippen molar-refractivity contribution in [2.24, 2.45) is 11.7 Å². The molecular formula is C13H22N2O2. The highest BCUT2D eigenvalue weighted by Gasteiger charge is 2.08. The molecule has 96 valence electrons. The van der Waals surface area contributed by atoms with E-state index in [1.54, 1.807) is 14.2 Å². The van der Waals surface area contributed by atoms with Crippen LogP contribution in [0.2, 0.25) is 0 Å². The first-order valence-corrected chi connectivity index (χ1v) is 5.80. The predicted octanol–water partition coefficient (Wildman–Crippen LogP) is 2.10. The molecular weight excluding hydrogens is 216 g/mol. The van der Waals surface area contributed by atoms with Gasteiger partial charge in [0, 0.05) is 24.3 Å². The standard InChI is InChI=1S/C13H22N2O2/c1-9(2)11(14)8-15-10-5-6-12(16-3)13(7-10)17-4/h5-7,9,11,15H,8,14H2,1-4H3. The molecule has 4 heteroatoms. The molecule has 0 aliphatic rings. The van der Waals surface area contributed by atoms with Crippen LogP contribution in [0.15, 0.2) is 18.2 Å². The van der Waals surface area contributed by atoms with Crippen LogP contribution in [-0.2, 0) is 0 Å². The summed E-state index contributed by atoms with van der Waals surface area (Å²) in [5.74, 6) is 1.91. The van der Waals surface area contributed by atoms with Gasteiger partial charge in [0.1, 0.15) is 0 Å². The van der Waals surface area contributed by atoms with Crippen molar-refractivity contribution in [1.82, 2.24) is 0 Å². The van der Waals surface area contributed by atoms with Crippen molar-refractivity contribution >= 4 is 5.69 Å². The van der Waals surface area contributed by atoms with Crippen LogP contribution in [0.5, 0.6) is 11.5 Å². The predicted molar refractivity (Wildman–Crippen MR) is 70.8 cm³/mol. The fourth-order valence-corrected chi connectivity index (χ4v) is 1.42. The normalized spacial score (nSPS) is 12.4. The Kier molecular flexibility index (Phi) is 5.10. The zero-order valence-corrected chi connectivity index (χ0v) is 11.0. The molecule has 17 heavy (non-hydrogen) atoms. The molecule has 0 radical (unpaired) electrons. The van der Waals surface area contributed by atoms with Crippen LogP contribution in [0.4, 0.5) is 5.69 Å². The zero-order valence-electron chi connectivity index (χ0n) is 11.0. The van der Waals surface area contributed by atoms with E-state index in [1.165, 1.54) is 0 Å². The lowest BCUT2D eigenvalue weighted by atomic mass is 10.1. The van der Waals surface area contributed by atoms with E-state index in [1.807, 2.05) is 18.2 Å². The Morgan fingerprint density at radius 2 is 1.82 bits per heavy atom. The smallest absolute Gasteiger partial charge is 0.162 e.